The highest BCUT2D eigenvalue weighted by Crippen LogP contribution is 2.35. The van der Waals surface area contributed by atoms with Crippen LogP contribution >= 0.6 is 0 Å². The third-order valence-electron chi connectivity index (χ3n) is 4.33. The first-order valence-electron chi connectivity index (χ1n) is 7.68. The Morgan fingerprint density at radius 3 is 2.29 bits per heavy atom. The quantitative estimate of drug-likeness (QED) is 0.928. The van der Waals surface area contributed by atoms with Crippen LogP contribution in [-0.4, -0.2) is 26.0 Å². The van der Waals surface area contributed by atoms with Gasteiger partial charge in [0.15, 0.2) is 0 Å². The van der Waals surface area contributed by atoms with Crippen LogP contribution in [0.15, 0.2) is 35.2 Å². The maximum absolute atomic E-state index is 13.2. The van der Waals surface area contributed by atoms with Crippen LogP contribution in [0.1, 0.15) is 32.6 Å². The molecule has 0 aromatic heterocycles. The highest BCUT2D eigenvalue weighted by molar-refractivity contribution is 7.93. The van der Waals surface area contributed by atoms with E-state index in [1.807, 2.05) is 19.1 Å². The van der Waals surface area contributed by atoms with E-state index in [0.717, 1.165) is 22.3 Å². The highest BCUT2D eigenvalue weighted by atomic mass is 32.2. The molecule has 6 heteroatoms. The number of aromatic carboxylic acids is 1. The van der Waals surface area contributed by atoms with Gasteiger partial charge in [-0.25, -0.2) is 13.2 Å². The van der Waals surface area contributed by atoms with Crippen LogP contribution in [-0.2, 0) is 16.4 Å². The number of hydrogen-bond donors (Lipinski definition) is 1. The van der Waals surface area contributed by atoms with Crippen molar-refractivity contribution in [1.29, 1.82) is 0 Å². The molecule has 0 saturated heterocycles. The first kappa shape index (κ1) is 16.5. The second-order valence-electron chi connectivity index (χ2n) is 6.20. The summed E-state index contributed by atoms with van der Waals surface area (Å²) >= 11 is 0. The van der Waals surface area contributed by atoms with Crippen molar-refractivity contribution in [2.75, 3.05) is 10.8 Å². The molecule has 0 spiro atoms. The number of nitrogens with zero attached hydrogens (tertiary/aromatic N) is 1. The molecule has 0 bridgehead atoms. The van der Waals surface area contributed by atoms with E-state index in [1.54, 1.807) is 26.0 Å². The summed E-state index contributed by atoms with van der Waals surface area (Å²) in [6.07, 6.45) is 0.514. The van der Waals surface area contributed by atoms with Crippen LogP contribution in [0.5, 0.6) is 0 Å². The maximum atomic E-state index is 13.2. The van der Waals surface area contributed by atoms with Gasteiger partial charge in [-0.3, -0.25) is 4.31 Å². The molecular weight excluding hydrogens is 326 g/mol. The van der Waals surface area contributed by atoms with E-state index < -0.39 is 16.0 Å². The average molecular weight is 345 g/mol. The number of aryl methyl sites for hydroxylation is 3. The molecule has 0 unspecified atom stereocenters. The molecule has 0 amide bonds. The lowest BCUT2D eigenvalue weighted by Crippen LogP contribution is -2.30. The van der Waals surface area contributed by atoms with Crippen LogP contribution in [0, 0.1) is 20.8 Å². The Labute approximate surface area is 141 Å². The number of carbonyl (C=O) groups is 1. The Hall–Kier alpha value is -2.34. The second-order valence-corrected chi connectivity index (χ2v) is 8.00. The van der Waals surface area contributed by atoms with Gasteiger partial charge >= 0.3 is 5.97 Å². The van der Waals surface area contributed by atoms with Crippen LogP contribution in [0.25, 0.3) is 0 Å². The normalized spacial score (nSPS) is 13.9. The predicted octanol–water partition coefficient (Wildman–Crippen LogP) is 3.06. The molecule has 2 aromatic rings. The summed E-state index contributed by atoms with van der Waals surface area (Å²) in [6, 6.07) is 8.32. The van der Waals surface area contributed by atoms with Gasteiger partial charge in [0.1, 0.15) is 0 Å². The van der Waals surface area contributed by atoms with Crippen molar-refractivity contribution < 1.29 is 18.3 Å². The van der Waals surface area contributed by atoms with Crippen molar-refractivity contribution in [2.24, 2.45) is 0 Å². The van der Waals surface area contributed by atoms with Crippen molar-refractivity contribution in [3.63, 3.8) is 0 Å². The zero-order valence-electron chi connectivity index (χ0n) is 13.8. The fraction of sp³-hybridized carbons (Fsp3) is 0.278. The minimum absolute atomic E-state index is 0.177. The number of rotatable bonds is 3. The van der Waals surface area contributed by atoms with Gasteiger partial charge in [0.2, 0.25) is 0 Å². The van der Waals surface area contributed by atoms with Gasteiger partial charge in [0.05, 0.1) is 16.1 Å². The van der Waals surface area contributed by atoms with E-state index in [4.69, 9.17) is 5.11 Å². The van der Waals surface area contributed by atoms with Crippen LogP contribution in [0.3, 0.4) is 0 Å². The number of hydrogen-bond acceptors (Lipinski definition) is 3. The summed E-state index contributed by atoms with van der Waals surface area (Å²) in [7, 11) is -3.68. The highest BCUT2D eigenvalue weighted by Gasteiger charge is 2.33. The Kier molecular flexibility index (Phi) is 3.87. The summed E-state index contributed by atoms with van der Waals surface area (Å²) in [5.41, 5.74) is 3.97. The Bertz CT molecular complexity index is 924. The minimum atomic E-state index is -3.68. The lowest BCUT2D eigenvalue weighted by Gasteiger charge is -2.22. The zero-order chi connectivity index (χ0) is 17.6. The molecule has 2 aromatic carbocycles. The van der Waals surface area contributed by atoms with E-state index in [2.05, 4.69) is 0 Å². The SMILES string of the molecule is Cc1cc(C)c(S(=O)(=O)N2CCc3cc(C(=O)O)ccc32)c(C)c1. The van der Waals surface area contributed by atoms with E-state index in [1.165, 1.54) is 10.4 Å². The summed E-state index contributed by atoms with van der Waals surface area (Å²) in [5.74, 6) is -1.01. The first-order valence-corrected chi connectivity index (χ1v) is 9.12. The minimum Gasteiger partial charge on any atom is -0.478 e. The molecule has 0 radical (unpaired) electrons. The van der Waals surface area contributed by atoms with Crippen LogP contribution in [0.2, 0.25) is 0 Å². The van der Waals surface area contributed by atoms with Crippen LogP contribution in [0.4, 0.5) is 5.69 Å². The lowest BCUT2D eigenvalue weighted by molar-refractivity contribution is 0.0697. The fourth-order valence-electron chi connectivity index (χ4n) is 3.44. The van der Waals surface area contributed by atoms with Gasteiger partial charge in [0, 0.05) is 6.54 Å². The monoisotopic (exact) mass is 345 g/mol. The summed E-state index contributed by atoms with van der Waals surface area (Å²) in [4.78, 5) is 11.4. The average Bonchev–Trinajstić information content (AvgIpc) is 2.89. The van der Waals surface area contributed by atoms with Crippen molar-refractivity contribution >= 4 is 21.7 Å². The number of sulfonamides is 1. The van der Waals surface area contributed by atoms with E-state index in [9.17, 15) is 13.2 Å². The van der Waals surface area contributed by atoms with Crippen molar-refractivity contribution in [1.82, 2.24) is 0 Å². The summed E-state index contributed by atoms with van der Waals surface area (Å²) in [6.45, 7) is 5.87. The van der Waals surface area contributed by atoms with Gasteiger partial charge in [-0.2, -0.15) is 0 Å². The fourth-order valence-corrected chi connectivity index (χ4v) is 5.36. The number of carboxylic acid groups (broad SMARTS) is 1. The molecule has 5 nitrogen and oxygen atoms in total. The number of carboxylic acids is 1. The standard InChI is InChI=1S/C18H19NO4S/c1-11-8-12(2)17(13(3)9-11)24(22,23)19-7-6-14-10-15(18(20)21)4-5-16(14)19/h4-5,8-10H,6-7H2,1-3H3,(H,20,21). The molecule has 1 aliphatic heterocycles. The second kappa shape index (κ2) is 5.63. The van der Waals surface area contributed by atoms with Crippen LogP contribution < -0.4 is 4.31 Å². The molecular formula is C18H19NO4S. The molecule has 0 saturated carbocycles. The molecule has 1 N–H and O–H groups in total. The van der Waals surface area contributed by atoms with Gasteiger partial charge in [-0.1, -0.05) is 17.7 Å². The third kappa shape index (κ3) is 2.57. The molecule has 126 valence electrons. The van der Waals surface area contributed by atoms with E-state index in [-0.39, 0.29) is 5.56 Å². The summed E-state index contributed by atoms with van der Waals surface area (Å²) in [5, 5.41) is 9.09. The van der Waals surface area contributed by atoms with Gasteiger partial charge in [-0.05, 0) is 62.1 Å². The Morgan fingerprint density at radius 2 is 1.71 bits per heavy atom. The topological polar surface area (TPSA) is 74.7 Å². The third-order valence-corrected chi connectivity index (χ3v) is 6.45. The first-order chi connectivity index (χ1) is 11.2. The van der Waals surface area contributed by atoms with E-state index >= 15 is 0 Å². The van der Waals surface area contributed by atoms with Crippen molar-refractivity contribution in [2.45, 2.75) is 32.1 Å². The molecule has 24 heavy (non-hydrogen) atoms. The molecule has 0 atom stereocenters. The largest absolute Gasteiger partial charge is 0.478 e. The van der Waals surface area contributed by atoms with Gasteiger partial charge in [0.25, 0.3) is 10.0 Å². The molecule has 1 aliphatic rings. The number of anilines is 1. The predicted molar refractivity (Wildman–Crippen MR) is 92.3 cm³/mol. The number of fused-ring (bicyclic) bond motifs is 1. The van der Waals surface area contributed by atoms with Gasteiger partial charge in [-0.15, -0.1) is 0 Å². The lowest BCUT2D eigenvalue weighted by atomic mass is 10.1. The van der Waals surface area contributed by atoms with Crippen molar-refractivity contribution in [3.8, 4) is 0 Å². The molecule has 3 rings (SSSR count). The summed E-state index contributed by atoms with van der Waals surface area (Å²) < 4.78 is 27.7. The smallest absolute Gasteiger partial charge is 0.335 e. The zero-order valence-corrected chi connectivity index (χ0v) is 14.6. The molecule has 1 heterocycles. The van der Waals surface area contributed by atoms with Gasteiger partial charge < -0.3 is 5.11 Å². The number of benzene rings is 2. The molecule has 0 aliphatic carbocycles. The van der Waals surface area contributed by atoms with E-state index in [0.29, 0.717) is 23.5 Å². The Morgan fingerprint density at radius 1 is 1.08 bits per heavy atom. The van der Waals surface area contributed by atoms with Crippen molar-refractivity contribution in [3.05, 3.63) is 58.1 Å². The maximum Gasteiger partial charge on any atom is 0.335 e. The Balaban J connectivity index is 2.11. The molecule has 0 fully saturated rings.